The number of aromatic nitrogens is 2. The van der Waals surface area contributed by atoms with Gasteiger partial charge < -0.3 is 14.1 Å². The van der Waals surface area contributed by atoms with Crippen LogP contribution in [-0.4, -0.2) is 57.8 Å². The number of piperazine rings is 1. The first kappa shape index (κ1) is 20.4. The van der Waals surface area contributed by atoms with Crippen molar-refractivity contribution >= 4 is 29.5 Å². The molecule has 1 spiro atoms. The number of imide groups is 1. The highest BCUT2D eigenvalue weighted by Gasteiger charge is 2.50. The molecule has 9 nitrogen and oxygen atoms in total. The Bertz CT molecular complexity index is 952. The van der Waals surface area contributed by atoms with E-state index in [2.05, 4.69) is 15.5 Å². The third kappa shape index (κ3) is 3.91. The molecule has 10 heteroatoms. The fraction of sp³-hybridized carbons (Fsp3) is 0.450. The number of carbonyl (C=O) groups is 3. The number of thioether (sulfide) groups is 1. The van der Waals surface area contributed by atoms with Crippen LogP contribution in [0.25, 0.3) is 11.5 Å². The molecule has 2 aromatic rings. The SMILES string of the molecule is COc1ccc(-c2nnc(SCC(=O)N3CC(=O)NC(=O)C34CCCCC4)o2)cc1. The van der Waals surface area contributed by atoms with Gasteiger partial charge in [0, 0.05) is 5.56 Å². The molecule has 1 saturated carbocycles. The molecular weight excluding hydrogens is 408 g/mol. The summed E-state index contributed by atoms with van der Waals surface area (Å²) in [5.41, 5.74) is -0.187. The van der Waals surface area contributed by atoms with Gasteiger partial charge in [0.1, 0.15) is 17.8 Å². The summed E-state index contributed by atoms with van der Waals surface area (Å²) < 4.78 is 10.8. The topological polar surface area (TPSA) is 115 Å². The van der Waals surface area contributed by atoms with E-state index in [1.54, 1.807) is 31.4 Å². The Morgan fingerprint density at radius 3 is 2.63 bits per heavy atom. The van der Waals surface area contributed by atoms with Crippen molar-refractivity contribution in [2.75, 3.05) is 19.4 Å². The summed E-state index contributed by atoms with van der Waals surface area (Å²) in [6.07, 6.45) is 3.88. The van der Waals surface area contributed by atoms with Gasteiger partial charge >= 0.3 is 0 Å². The van der Waals surface area contributed by atoms with E-state index in [4.69, 9.17) is 9.15 Å². The molecule has 30 heavy (non-hydrogen) atoms. The minimum Gasteiger partial charge on any atom is -0.497 e. The van der Waals surface area contributed by atoms with E-state index in [-0.39, 0.29) is 29.3 Å². The number of carbonyl (C=O) groups excluding carboxylic acids is 3. The van der Waals surface area contributed by atoms with Crippen LogP contribution in [0.2, 0.25) is 0 Å². The van der Waals surface area contributed by atoms with Crippen LogP contribution in [0, 0.1) is 0 Å². The molecule has 1 saturated heterocycles. The second-order valence-corrected chi connectivity index (χ2v) is 8.27. The van der Waals surface area contributed by atoms with Gasteiger partial charge in [-0.2, -0.15) is 0 Å². The van der Waals surface area contributed by atoms with Crippen LogP contribution in [0.15, 0.2) is 33.9 Å². The van der Waals surface area contributed by atoms with Crippen LogP contribution < -0.4 is 10.1 Å². The van der Waals surface area contributed by atoms with Gasteiger partial charge in [-0.1, -0.05) is 31.0 Å². The lowest BCUT2D eigenvalue weighted by Gasteiger charge is -2.47. The standard InChI is InChI=1S/C20H22N4O5S/c1-28-14-7-5-13(6-8-14)17-22-23-19(29-17)30-12-16(26)24-11-15(25)21-18(27)20(24)9-3-2-4-10-20/h5-8H,2-4,9-12H2,1H3,(H,21,25,27). The average Bonchev–Trinajstić information content (AvgIpc) is 3.24. The molecular formula is C20H22N4O5S. The summed E-state index contributed by atoms with van der Waals surface area (Å²) in [5.74, 6) is -0.0362. The van der Waals surface area contributed by atoms with E-state index >= 15 is 0 Å². The average molecular weight is 430 g/mol. The van der Waals surface area contributed by atoms with E-state index in [1.165, 1.54) is 4.90 Å². The minimum atomic E-state index is -0.924. The molecule has 1 aromatic heterocycles. The fourth-order valence-electron chi connectivity index (χ4n) is 3.98. The van der Waals surface area contributed by atoms with Crippen molar-refractivity contribution in [3.8, 4) is 17.2 Å². The first-order chi connectivity index (χ1) is 14.5. The summed E-state index contributed by atoms with van der Waals surface area (Å²) in [4.78, 5) is 38.9. The van der Waals surface area contributed by atoms with Crippen LogP contribution >= 0.6 is 11.8 Å². The second kappa shape index (κ2) is 8.47. The number of hydrogen-bond acceptors (Lipinski definition) is 8. The molecule has 0 atom stereocenters. The number of nitrogens with zero attached hydrogens (tertiary/aromatic N) is 3. The van der Waals surface area contributed by atoms with E-state index < -0.39 is 11.4 Å². The number of ether oxygens (including phenoxy) is 1. The number of benzene rings is 1. The molecule has 0 radical (unpaired) electrons. The summed E-state index contributed by atoms with van der Waals surface area (Å²) in [5, 5.41) is 10.7. The van der Waals surface area contributed by atoms with Crippen molar-refractivity contribution in [1.82, 2.24) is 20.4 Å². The minimum absolute atomic E-state index is 0.00650. The van der Waals surface area contributed by atoms with Crippen LogP contribution in [0.4, 0.5) is 0 Å². The Hall–Kier alpha value is -2.88. The zero-order chi connectivity index (χ0) is 21.1. The number of nitrogens with one attached hydrogen (secondary N) is 1. The summed E-state index contributed by atoms with van der Waals surface area (Å²) in [6, 6.07) is 7.18. The number of amides is 3. The number of methoxy groups -OCH3 is 1. The highest BCUT2D eigenvalue weighted by atomic mass is 32.2. The Kier molecular flexibility index (Phi) is 5.76. The van der Waals surface area contributed by atoms with Crippen LogP contribution in [0.1, 0.15) is 32.1 Å². The Morgan fingerprint density at radius 2 is 1.93 bits per heavy atom. The second-order valence-electron chi connectivity index (χ2n) is 7.34. The molecule has 3 amide bonds. The predicted molar refractivity (Wildman–Crippen MR) is 108 cm³/mol. The molecule has 1 aliphatic heterocycles. The number of hydrogen-bond donors (Lipinski definition) is 1. The normalized spacial score (nSPS) is 18.4. The Morgan fingerprint density at radius 1 is 1.20 bits per heavy atom. The third-order valence-corrected chi connectivity index (χ3v) is 6.34. The van der Waals surface area contributed by atoms with E-state index in [9.17, 15) is 14.4 Å². The first-order valence-corrected chi connectivity index (χ1v) is 10.8. The van der Waals surface area contributed by atoms with Gasteiger partial charge in [-0.3, -0.25) is 19.7 Å². The largest absolute Gasteiger partial charge is 0.497 e. The molecule has 2 fully saturated rings. The first-order valence-electron chi connectivity index (χ1n) is 9.77. The maximum Gasteiger partial charge on any atom is 0.277 e. The molecule has 1 aromatic carbocycles. The zero-order valence-electron chi connectivity index (χ0n) is 16.6. The maximum atomic E-state index is 13.0. The van der Waals surface area contributed by atoms with Gasteiger partial charge in [-0.15, -0.1) is 10.2 Å². The van der Waals surface area contributed by atoms with Crippen molar-refractivity contribution in [3.05, 3.63) is 24.3 Å². The molecule has 1 N–H and O–H groups in total. The van der Waals surface area contributed by atoms with Gasteiger partial charge in [-0.25, -0.2) is 0 Å². The van der Waals surface area contributed by atoms with Crippen molar-refractivity contribution in [2.45, 2.75) is 42.9 Å². The summed E-state index contributed by atoms with van der Waals surface area (Å²) >= 11 is 1.10. The maximum absolute atomic E-state index is 13.0. The van der Waals surface area contributed by atoms with Gasteiger partial charge in [0.05, 0.1) is 12.9 Å². The lowest BCUT2D eigenvalue weighted by molar-refractivity contribution is -0.158. The highest BCUT2D eigenvalue weighted by molar-refractivity contribution is 7.99. The van der Waals surface area contributed by atoms with Crippen molar-refractivity contribution in [3.63, 3.8) is 0 Å². The Labute approximate surface area is 177 Å². The van der Waals surface area contributed by atoms with Gasteiger partial charge in [0.2, 0.25) is 17.7 Å². The van der Waals surface area contributed by atoms with Crippen LogP contribution in [-0.2, 0) is 14.4 Å². The molecule has 0 bridgehead atoms. The van der Waals surface area contributed by atoms with E-state index in [0.29, 0.717) is 18.7 Å². The van der Waals surface area contributed by atoms with Gasteiger partial charge in [-0.05, 0) is 37.1 Å². The van der Waals surface area contributed by atoms with Crippen molar-refractivity contribution < 1.29 is 23.5 Å². The van der Waals surface area contributed by atoms with Gasteiger partial charge in [0.25, 0.3) is 11.1 Å². The predicted octanol–water partition coefficient (Wildman–Crippen LogP) is 2.03. The number of rotatable bonds is 5. The molecule has 2 heterocycles. The fourth-order valence-corrected chi connectivity index (χ4v) is 4.62. The Balaban J connectivity index is 1.44. The van der Waals surface area contributed by atoms with E-state index in [0.717, 1.165) is 42.3 Å². The molecule has 1 aliphatic carbocycles. The van der Waals surface area contributed by atoms with E-state index in [1.807, 2.05) is 0 Å². The van der Waals surface area contributed by atoms with Crippen molar-refractivity contribution in [2.24, 2.45) is 0 Å². The smallest absolute Gasteiger partial charge is 0.277 e. The van der Waals surface area contributed by atoms with Crippen LogP contribution in [0.5, 0.6) is 5.75 Å². The quantitative estimate of drug-likeness (QED) is 0.566. The molecule has 0 unspecified atom stereocenters. The molecule has 2 aliphatic rings. The van der Waals surface area contributed by atoms with Crippen LogP contribution in [0.3, 0.4) is 0 Å². The van der Waals surface area contributed by atoms with Crippen molar-refractivity contribution in [1.29, 1.82) is 0 Å². The lowest BCUT2D eigenvalue weighted by atomic mass is 9.78. The lowest BCUT2D eigenvalue weighted by Crippen LogP contribution is -2.69. The third-order valence-electron chi connectivity index (χ3n) is 5.54. The monoisotopic (exact) mass is 430 g/mol. The summed E-state index contributed by atoms with van der Waals surface area (Å²) in [7, 11) is 1.59. The zero-order valence-corrected chi connectivity index (χ0v) is 17.4. The summed E-state index contributed by atoms with van der Waals surface area (Å²) in [6.45, 7) is -0.105. The molecule has 4 rings (SSSR count). The highest BCUT2D eigenvalue weighted by Crippen LogP contribution is 2.36. The van der Waals surface area contributed by atoms with Gasteiger partial charge in [0.15, 0.2) is 0 Å². The molecule has 158 valence electrons.